The van der Waals surface area contributed by atoms with Crippen molar-refractivity contribution in [2.45, 2.75) is 26.4 Å². The highest BCUT2D eigenvalue weighted by atomic mass is 16.5. The summed E-state index contributed by atoms with van der Waals surface area (Å²) in [7, 11) is 4.06. The summed E-state index contributed by atoms with van der Waals surface area (Å²) in [5, 5.41) is 4.20. The maximum absolute atomic E-state index is 5.82. The zero-order valence-electron chi connectivity index (χ0n) is 13.4. The van der Waals surface area contributed by atoms with Gasteiger partial charge in [-0.1, -0.05) is 18.2 Å². The predicted octanol–water partition coefficient (Wildman–Crippen LogP) is 3.00. The van der Waals surface area contributed by atoms with Gasteiger partial charge in [0.15, 0.2) is 0 Å². The van der Waals surface area contributed by atoms with Crippen molar-refractivity contribution in [1.82, 2.24) is 14.7 Å². The zero-order chi connectivity index (χ0) is 15.2. The lowest BCUT2D eigenvalue weighted by Crippen LogP contribution is -2.35. The normalized spacial score (nSPS) is 20.2. The van der Waals surface area contributed by atoms with Crippen LogP contribution in [0.5, 0.6) is 0 Å². The van der Waals surface area contributed by atoms with Crippen LogP contribution >= 0.6 is 0 Å². The second-order valence-electron chi connectivity index (χ2n) is 5.35. The average molecular weight is 287 g/mol. The quantitative estimate of drug-likeness (QED) is 0.834. The number of aromatic nitrogens is 2. The van der Waals surface area contributed by atoms with Gasteiger partial charge in [-0.15, -0.1) is 0 Å². The van der Waals surface area contributed by atoms with Gasteiger partial charge in [0, 0.05) is 51.1 Å². The lowest BCUT2D eigenvalue weighted by Gasteiger charge is -2.33. The van der Waals surface area contributed by atoms with Crippen LogP contribution in [0.2, 0.25) is 0 Å². The molecule has 1 aromatic rings. The highest BCUT2D eigenvalue weighted by Gasteiger charge is 2.22. The van der Waals surface area contributed by atoms with E-state index in [0.29, 0.717) is 0 Å². The highest BCUT2D eigenvalue weighted by Crippen LogP contribution is 2.25. The van der Waals surface area contributed by atoms with Crippen LogP contribution in [0.15, 0.2) is 41.9 Å². The van der Waals surface area contributed by atoms with Crippen molar-refractivity contribution in [1.29, 1.82) is 0 Å². The molecular weight excluding hydrogens is 262 g/mol. The first-order valence-corrected chi connectivity index (χ1v) is 7.49. The van der Waals surface area contributed by atoms with Gasteiger partial charge < -0.3 is 9.64 Å². The molecule has 0 bridgehead atoms. The summed E-state index contributed by atoms with van der Waals surface area (Å²) in [5.41, 5.74) is 3.70. The largest absolute Gasteiger partial charge is 0.376 e. The van der Waals surface area contributed by atoms with Crippen LogP contribution in [0.3, 0.4) is 0 Å². The van der Waals surface area contributed by atoms with E-state index in [-0.39, 0.29) is 6.10 Å². The minimum atomic E-state index is 0.266. The summed E-state index contributed by atoms with van der Waals surface area (Å²) in [4.78, 5) is 2.27. The molecule has 0 N–H and O–H groups in total. The molecule has 0 spiro atoms. The van der Waals surface area contributed by atoms with Crippen molar-refractivity contribution >= 4 is 6.08 Å². The number of hydrogen-bond acceptors (Lipinski definition) is 3. The molecule has 0 fully saturated rings. The first kappa shape index (κ1) is 15.6. The van der Waals surface area contributed by atoms with E-state index in [1.807, 2.05) is 24.1 Å². The molecule has 21 heavy (non-hydrogen) atoms. The molecule has 0 amide bonds. The second kappa shape index (κ2) is 7.27. The Morgan fingerprint density at radius 3 is 2.76 bits per heavy atom. The molecule has 1 unspecified atom stereocenters. The molecule has 1 aliphatic rings. The van der Waals surface area contributed by atoms with Gasteiger partial charge in [0.1, 0.15) is 0 Å². The molecule has 114 valence electrons. The van der Waals surface area contributed by atoms with Gasteiger partial charge in [-0.25, -0.2) is 0 Å². The predicted molar refractivity (Wildman–Crippen MR) is 86.7 cm³/mol. The molecule has 4 nitrogen and oxygen atoms in total. The molecule has 1 aliphatic heterocycles. The van der Waals surface area contributed by atoms with Crippen molar-refractivity contribution in [2.75, 3.05) is 20.2 Å². The number of hydrogen-bond donors (Lipinski definition) is 0. The maximum Gasteiger partial charge on any atom is 0.0790 e. The first-order valence-electron chi connectivity index (χ1n) is 7.49. The zero-order valence-corrected chi connectivity index (χ0v) is 13.4. The van der Waals surface area contributed by atoms with Crippen molar-refractivity contribution < 1.29 is 4.74 Å². The average Bonchev–Trinajstić information content (AvgIpc) is 2.86. The molecule has 0 saturated heterocycles. The van der Waals surface area contributed by atoms with Crippen LogP contribution in [0, 0.1) is 0 Å². The van der Waals surface area contributed by atoms with E-state index in [1.54, 1.807) is 0 Å². The Bertz CT molecular complexity index is 554. The number of likely N-dealkylation sites (N-methyl/N-ethyl adjacent to an activating group) is 1. The Morgan fingerprint density at radius 1 is 1.33 bits per heavy atom. The van der Waals surface area contributed by atoms with Crippen molar-refractivity contribution in [3.8, 4) is 0 Å². The van der Waals surface area contributed by atoms with Gasteiger partial charge in [-0.05, 0) is 25.5 Å². The lowest BCUT2D eigenvalue weighted by molar-refractivity contribution is 0.0399. The molecule has 4 heteroatoms. The summed E-state index contributed by atoms with van der Waals surface area (Å²) in [5.74, 6) is 0. The third-order valence-electron chi connectivity index (χ3n) is 3.59. The van der Waals surface area contributed by atoms with Gasteiger partial charge in [0.25, 0.3) is 0 Å². The fourth-order valence-corrected chi connectivity index (χ4v) is 2.68. The lowest BCUT2D eigenvalue weighted by atomic mass is 9.98. The van der Waals surface area contributed by atoms with E-state index in [4.69, 9.17) is 4.74 Å². The molecular formula is C17H25N3O. The van der Waals surface area contributed by atoms with Crippen LogP contribution in [0.4, 0.5) is 0 Å². The molecule has 1 aromatic heterocycles. The van der Waals surface area contributed by atoms with Gasteiger partial charge >= 0.3 is 0 Å². The number of ether oxygens (including phenoxy) is 1. The third-order valence-corrected chi connectivity index (χ3v) is 3.59. The van der Waals surface area contributed by atoms with E-state index in [9.17, 15) is 0 Å². The minimum absolute atomic E-state index is 0.266. The topological polar surface area (TPSA) is 30.3 Å². The van der Waals surface area contributed by atoms with Crippen molar-refractivity contribution in [3.63, 3.8) is 0 Å². The fraction of sp³-hybridized carbons (Fsp3) is 0.471. The van der Waals surface area contributed by atoms with Gasteiger partial charge in [0.2, 0.25) is 0 Å². The highest BCUT2D eigenvalue weighted by molar-refractivity contribution is 5.53. The van der Waals surface area contributed by atoms with Crippen molar-refractivity contribution in [2.24, 2.45) is 7.05 Å². The van der Waals surface area contributed by atoms with E-state index < -0.39 is 0 Å². The Hall–Kier alpha value is -1.81. The summed E-state index contributed by atoms with van der Waals surface area (Å²) in [6, 6.07) is 0. The fourth-order valence-electron chi connectivity index (χ4n) is 2.68. The monoisotopic (exact) mass is 287 g/mol. The first-order chi connectivity index (χ1) is 10.1. The molecule has 0 aliphatic carbocycles. The van der Waals surface area contributed by atoms with Crippen LogP contribution < -0.4 is 0 Å². The Kier molecular flexibility index (Phi) is 5.39. The number of rotatable bonds is 5. The van der Waals surface area contributed by atoms with E-state index in [0.717, 1.165) is 25.1 Å². The molecule has 2 rings (SSSR count). The Labute approximate surface area is 127 Å². The Balaban J connectivity index is 2.24. The summed E-state index contributed by atoms with van der Waals surface area (Å²) in [6.45, 7) is 5.81. The number of allylic oxidation sites excluding steroid dienone is 3. The molecule has 0 radical (unpaired) electrons. The van der Waals surface area contributed by atoms with Crippen molar-refractivity contribution in [3.05, 3.63) is 47.5 Å². The van der Waals surface area contributed by atoms with E-state index in [1.165, 1.54) is 11.3 Å². The smallest absolute Gasteiger partial charge is 0.0790 e. The molecule has 2 heterocycles. The van der Waals surface area contributed by atoms with Crippen LogP contribution in [-0.4, -0.2) is 41.0 Å². The van der Waals surface area contributed by atoms with Crippen LogP contribution in [0.1, 0.15) is 25.8 Å². The van der Waals surface area contributed by atoms with Crippen LogP contribution in [0.25, 0.3) is 6.08 Å². The summed E-state index contributed by atoms with van der Waals surface area (Å²) in [6.07, 6.45) is 13.7. The SMILES string of the molecule is C/C=C\C1=C(/C=C/c2cnn(C)c2)CC(OCC)CN1C. The van der Waals surface area contributed by atoms with Gasteiger partial charge in [-0.3, -0.25) is 4.68 Å². The second-order valence-corrected chi connectivity index (χ2v) is 5.35. The van der Waals surface area contributed by atoms with Gasteiger partial charge in [0.05, 0.1) is 12.3 Å². The molecule has 1 atom stereocenters. The van der Waals surface area contributed by atoms with Gasteiger partial charge in [-0.2, -0.15) is 5.10 Å². The maximum atomic E-state index is 5.82. The number of aryl methyl sites for hydroxylation is 1. The van der Waals surface area contributed by atoms with E-state index >= 15 is 0 Å². The third kappa shape index (κ3) is 4.08. The van der Waals surface area contributed by atoms with Crippen LogP contribution in [-0.2, 0) is 11.8 Å². The summed E-state index contributed by atoms with van der Waals surface area (Å²) < 4.78 is 7.63. The van der Waals surface area contributed by atoms with E-state index in [2.05, 4.69) is 55.2 Å². The number of nitrogens with zero attached hydrogens (tertiary/aromatic N) is 3. The Morgan fingerprint density at radius 2 is 2.14 bits per heavy atom. The minimum Gasteiger partial charge on any atom is -0.376 e. The summed E-state index contributed by atoms with van der Waals surface area (Å²) >= 11 is 0. The standard InChI is InChI=1S/C17H25N3O/c1-5-7-17-15(9-8-14-11-18-20(4)12-14)10-16(21-6-2)13-19(17)3/h5,7-9,11-12,16H,6,10,13H2,1-4H3/b7-5-,9-8+. The molecule has 0 saturated carbocycles. The molecule has 0 aromatic carbocycles.